The topological polar surface area (TPSA) is 41.3 Å². The summed E-state index contributed by atoms with van der Waals surface area (Å²) < 4.78 is 0. The molecule has 1 aromatic rings. The maximum absolute atomic E-state index is 5.48. The van der Waals surface area contributed by atoms with Crippen LogP contribution in [0.1, 0.15) is 30.4 Å². The van der Waals surface area contributed by atoms with Crippen LogP contribution >= 0.6 is 0 Å². The average Bonchev–Trinajstić information content (AvgIpc) is 2.39. The lowest BCUT2D eigenvalue weighted by Gasteiger charge is -2.27. The fraction of sp³-hybridized carbons (Fsp3) is 0.600. The molecule has 1 aromatic carbocycles. The van der Waals surface area contributed by atoms with E-state index in [1.165, 1.54) is 42.6 Å². The lowest BCUT2D eigenvalue weighted by atomic mass is 9.99. The van der Waals surface area contributed by atoms with Crippen molar-refractivity contribution >= 4 is 5.69 Å². The summed E-state index contributed by atoms with van der Waals surface area (Å²) in [6.45, 7) is 4.02. The van der Waals surface area contributed by atoms with Crippen molar-refractivity contribution in [2.75, 3.05) is 31.6 Å². The van der Waals surface area contributed by atoms with Gasteiger partial charge in [0.15, 0.2) is 0 Å². The van der Waals surface area contributed by atoms with E-state index in [0.29, 0.717) is 0 Å². The molecule has 18 heavy (non-hydrogen) atoms. The van der Waals surface area contributed by atoms with E-state index in [4.69, 9.17) is 5.73 Å². The smallest absolute Gasteiger partial charge is 0.0396 e. The lowest BCUT2D eigenvalue weighted by Crippen LogP contribution is -2.25. The summed E-state index contributed by atoms with van der Waals surface area (Å²) >= 11 is 0. The fourth-order valence-electron chi connectivity index (χ4n) is 2.58. The minimum atomic E-state index is 0.798. The van der Waals surface area contributed by atoms with Crippen LogP contribution < -0.4 is 16.0 Å². The first-order valence-electron chi connectivity index (χ1n) is 7.05. The number of nitrogens with two attached hydrogens (primary N) is 1. The highest BCUT2D eigenvalue weighted by atomic mass is 15.1. The molecular formula is C15H25N3. The van der Waals surface area contributed by atoms with Gasteiger partial charge in [-0.15, -0.1) is 0 Å². The van der Waals surface area contributed by atoms with Crippen molar-refractivity contribution in [3.8, 4) is 0 Å². The summed E-state index contributed by atoms with van der Waals surface area (Å²) in [7, 11) is 2.18. The molecule has 0 unspecified atom stereocenters. The monoisotopic (exact) mass is 247 g/mol. The van der Waals surface area contributed by atoms with Crippen LogP contribution in [0.25, 0.3) is 0 Å². The second kappa shape index (κ2) is 6.76. The molecule has 0 fully saturated rings. The summed E-state index contributed by atoms with van der Waals surface area (Å²) in [5.41, 5.74) is 9.79. The van der Waals surface area contributed by atoms with Crippen molar-refractivity contribution in [3.05, 3.63) is 29.3 Å². The Bertz CT molecular complexity index is 376. The first-order valence-corrected chi connectivity index (χ1v) is 7.05. The van der Waals surface area contributed by atoms with Crippen molar-refractivity contribution in [3.63, 3.8) is 0 Å². The lowest BCUT2D eigenvalue weighted by molar-refractivity contribution is 0.626. The van der Waals surface area contributed by atoms with E-state index in [9.17, 15) is 0 Å². The summed E-state index contributed by atoms with van der Waals surface area (Å²) in [5, 5.41) is 3.49. The van der Waals surface area contributed by atoms with Crippen molar-refractivity contribution < 1.29 is 0 Å². The predicted molar refractivity (Wildman–Crippen MR) is 78.0 cm³/mol. The minimum absolute atomic E-state index is 0.798. The molecule has 3 N–H and O–H groups in total. The van der Waals surface area contributed by atoms with Gasteiger partial charge in [0.25, 0.3) is 0 Å². The molecule has 1 aliphatic rings. The first-order chi connectivity index (χ1) is 8.81. The van der Waals surface area contributed by atoms with Gasteiger partial charge in [0.2, 0.25) is 0 Å². The number of unbranched alkanes of at least 4 members (excludes halogenated alkanes) is 1. The van der Waals surface area contributed by atoms with Crippen LogP contribution in [-0.4, -0.2) is 26.7 Å². The number of nitrogens with zero attached hydrogens (tertiary/aromatic N) is 1. The molecule has 3 nitrogen and oxygen atoms in total. The van der Waals surface area contributed by atoms with Gasteiger partial charge in [0.05, 0.1) is 0 Å². The Hall–Kier alpha value is -1.06. The van der Waals surface area contributed by atoms with E-state index in [2.05, 4.69) is 35.5 Å². The Balaban J connectivity index is 1.87. The van der Waals surface area contributed by atoms with Crippen LogP contribution in [0.2, 0.25) is 0 Å². The molecule has 1 aliphatic heterocycles. The number of nitrogens with one attached hydrogen (secondary N) is 1. The van der Waals surface area contributed by atoms with Gasteiger partial charge in [0.1, 0.15) is 0 Å². The van der Waals surface area contributed by atoms with E-state index in [-0.39, 0.29) is 0 Å². The average molecular weight is 247 g/mol. The third-order valence-corrected chi connectivity index (χ3v) is 3.63. The molecule has 2 rings (SSSR count). The number of rotatable bonds is 6. The van der Waals surface area contributed by atoms with Gasteiger partial charge in [-0.3, -0.25) is 0 Å². The molecule has 0 aliphatic carbocycles. The minimum Gasteiger partial charge on any atom is -0.374 e. The molecular weight excluding hydrogens is 222 g/mol. The highest BCUT2D eigenvalue weighted by Gasteiger charge is 2.13. The second-order valence-electron chi connectivity index (χ2n) is 5.16. The Morgan fingerprint density at radius 3 is 3.06 bits per heavy atom. The largest absolute Gasteiger partial charge is 0.374 e. The summed E-state index contributed by atoms with van der Waals surface area (Å²) in [6, 6.07) is 6.88. The van der Waals surface area contributed by atoms with E-state index in [1.807, 2.05) is 0 Å². The zero-order chi connectivity index (χ0) is 12.8. The van der Waals surface area contributed by atoms with Crippen LogP contribution in [0.3, 0.4) is 0 Å². The third kappa shape index (κ3) is 3.47. The standard InChI is InChI=1S/C15H25N3/c1-18-10-4-5-14-11-13(6-7-15(14)18)12-17-9-3-2-8-16/h6-7,11,17H,2-5,8-10,12,16H2,1H3. The summed E-state index contributed by atoms with van der Waals surface area (Å²) in [4.78, 5) is 2.36. The molecule has 0 spiro atoms. The zero-order valence-electron chi connectivity index (χ0n) is 11.4. The second-order valence-corrected chi connectivity index (χ2v) is 5.16. The molecule has 0 amide bonds. The number of hydrogen-bond donors (Lipinski definition) is 2. The van der Waals surface area contributed by atoms with Gasteiger partial charge in [0, 0.05) is 25.8 Å². The van der Waals surface area contributed by atoms with Gasteiger partial charge >= 0.3 is 0 Å². The van der Waals surface area contributed by atoms with Crippen molar-refractivity contribution in [1.29, 1.82) is 0 Å². The maximum atomic E-state index is 5.48. The van der Waals surface area contributed by atoms with E-state index < -0.39 is 0 Å². The van der Waals surface area contributed by atoms with Crippen LogP contribution in [0, 0.1) is 0 Å². The molecule has 0 radical (unpaired) electrons. The van der Waals surface area contributed by atoms with E-state index >= 15 is 0 Å². The maximum Gasteiger partial charge on any atom is 0.0396 e. The Morgan fingerprint density at radius 2 is 2.22 bits per heavy atom. The number of hydrogen-bond acceptors (Lipinski definition) is 3. The first kappa shape index (κ1) is 13.4. The van der Waals surface area contributed by atoms with Gasteiger partial charge in [-0.05, 0) is 56.0 Å². The van der Waals surface area contributed by atoms with Crippen LogP contribution in [0.5, 0.6) is 0 Å². The van der Waals surface area contributed by atoms with Crippen molar-refractivity contribution in [2.24, 2.45) is 5.73 Å². The Labute approximate surface area is 110 Å². The van der Waals surface area contributed by atoms with Gasteiger partial charge in [-0.2, -0.15) is 0 Å². The molecule has 3 heteroatoms. The molecule has 1 heterocycles. The van der Waals surface area contributed by atoms with E-state index in [0.717, 1.165) is 26.1 Å². The highest BCUT2D eigenvalue weighted by molar-refractivity contribution is 5.56. The molecule has 100 valence electrons. The van der Waals surface area contributed by atoms with Crippen LogP contribution in [0.4, 0.5) is 5.69 Å². The predicted octanol–water partition coefficient (Wildman–Crippen LogP) is 1.90. The molecule has 0 bridgehead atoms. The number of fused-ring (bicyclic) bond motifs is 1. The van der Waals surface area contributed by atoms with E-state index in [1.54, 1.807) is 0 Å². The quantitative estimate of drug-likeness (QED) is 0.754. The number of benzene rings is 1. The SMILES string of the molecule is CN1CCCc2cc(CNCCCCN)ccc21. The Morgan fingerprint density at radius 1 is 1.33 bits per heavy atom. The third-order valence-electron chi connectivity index (χ3n) is 3.63. The fourth-order valence-corrected chi connectivity index (χ4v) is 2.58. The van der Waals surface area contributed by atoms with Crippen molar-refractivity contribution in [1.82, 2.24) is 5.32 Å². The van der Waals surface area contributed by atoms with Gasteiger partial charge in [-0.1, -0.05) is 12.1 Å². The van der Waals surface area contributed by atoms with Gasteiger partial charge < -0.3 is 16.0 Å². The number of aryl methyl sites for hydroxylation is 1. The summed E-state index contributed by atoms with van der Waals surface area (Å²) in [6.07, 6.45) is 4.78. The molecule has 0 atom stereocenters. The number of anilines is 1. The van der Waals surface area contributed by atoms with Crippen molar-refractivity contribution in [2.45, 2.75) is 32.2 Å². The Kier molecular flexibility index (Phi) is 5.02. The molecule has 0 aromatic heterocycles. The normalized spacial score (nSPS) is 14.7. The van der Waals surface area contributed by atoms with Gasteiger partial charge in [-0.25, -0.2) is 0 Å². The summed E-state index contributed by atoms with van der Waals surface area (Å²) in [5.74, 6) is 0. The molecule has 0 saturated heterocycles. The van der Waals surface area contributed by atoms with Crippen LogP contribution in [0.15, 0.2) is 18.2 Å². The zero-order valence-corrected chi connectivity index (χ0v) is 11.4. The van der Waals surface area contributed by atoms with Crippen LogP contribution in [-0.2, 0) is 13.0 Å². The molecule has 0 saturated carbocycles. The highest BCUT2D eigenvalue weighted by Crippen LogP contribution is 2.26.